The van der Waals surface area contributed by atoms with Crippen molar-refractivity contribution in [1.82, 2.24) is 4.31 Å². The van der Waals surface area contributed by atoms with E-state index in [1.807, 2.05) is 0 Å². The molecule has 1 saturated heterocycles. The van der Waals surface area contributed by atoms with E-state index in [-0.39, 0.29) is 23.0 Å². The number of sulfonamides is 1. The number of nitrogens with one attached hydrogen (secondary N) is 1. The average molecular weight is 432 g/mol. The quantitative estimate of drug-likeness (QED) is 0.718. The summed E-state index contributed by atoms with van der Waals surface area (Å²) in [6.45, 7) is 2.73. The topological polar surface area (TPSA) is 111 Å². The van der Waals surface area contributed by atoms with Crippen LogP contribution >= 0.6 is 0 Å². The zero-order chi connectivity index (χ0) is 21.3. The number of rotatable bonds is 5. The summed E-state index contributed by atoms with van der Waals surface area (Å²) in [4.78, 5) is 24.7. The zero-order valence-electron chi connectivity index (χ0n) is 16.2. The summed E-state index contributed by atoms with van der Waals surface area (Å²) in [6, 6.07) is 8.72. The molecule has 10 heteroatoms. The van der Waals surface area contributed by atoms with E-state index < -0.39 is 15.9 Å². The lowest BCUT2D eigenvalue weighted by Gasteiger charge is -2.26. The Hall–Kier alpha value is -2.95. The number of ether oxygens (including phenoxy) is 3. The Morgan fingerprint density at radius 1 is 1.00 bits per heavy atom. The normalized spacial score (nSPS) is 16.3. The van der Waals surface area contributed by atoms with Crippen LogP contribution in [-0.2, 0) is 14.8 Å². The number of hydrogen-bond acceptors (Lipinski definition) is 7. The van der Waals surface area contributed by atoms with E-state index >= 15 is 0 Å². The van der Waals surface area contributed by atoms with Gasteiger partial charge in [-0.3, -0.25) is 9.59 Å². The first-order valence-electron chi connectivity index (χ1n) is 9.30. The van der Waals surface area contributed by atoms with E-state index in [4.69, 9.17) is 14.2 Å². The minimum Gasteiger partial charge on any atom is -0.454 e. The number of Topliss-reactive ketones (excluding diaryl/α,β-unsaturated/α-hetero) is 1. The van der Waals surface area contributed by atoms with Crippen LogP contribution in [0.1, 0.15) is 27.6 Å². The summed E-state index contributed by atoms with van der Waals surface area (Å²) in [5.41, 5.74) is 0.837. The zero-order valence-corrected chi connectivity index (χ0v) is 17.0. The van der Waals surface area contributed by atoms with Gasteiger partial charge in [0.1, 0.15) is 0 Å². The highest BCUT2D eigenvalue weighted by molar-refractivity contribution is 7.89. The second-order valence-electron chi connectivity index (χ2n) is 6.80. The molecule has 1 amide bonds. The molecular weight excluding hydrogens is 412 g/mol. The van der Waals surface area contributed by atoms with Gasteiger partial charge in [0.15, 0.2) is 17.3 Å². The SMILES string of the molecule is CC(=O)c1cc2c(cc1NC(=O)c1ccc(S(=O)(=O)N3CCOCC3)cc1)OCO2. The van der Waals surface area contributed by atoms with E-state index in [1.165, 1.54) is 47.6 Å². The third-order valence-corrected chi connectivity index (χ3v) is 6.78. The van der Waals surface area contributed by atoms with Gasteiger partial charge < -0.3 is 19.5 Å². The Morgan fingerprint density at radius 2 is 1.63 bits per heavy atom. The lowest BCUT2D eigenvalue weighted by molar-refractivity contribution is 0.0730. The van der Waals surface area contributed by atoms with Crippen molar-refractivity contribution < 1.29 is 32.2 Å². The summed E-state index contributed by atoms with van der Waals surface area (Å²) >= 11 is 0. The number of ketones is 1. The third kappa shape index (κ3) is 3.89. The van der Waals surface area contributed by atoms with Gasteiger partial charge in [-0.2, -0.15) is 4.31 Å². The Kier molecular flexibility index (Phi) is 5.46. The molecule has 30 heavy (non-hydrogen) atoms. The molecule has 0 spiro atoms. The predicted octanol–water partition coefficient (Wildman–Crippen LogP) is 1.89. The van der Waals surface area contributed by atoms with Crippen LogP contribution in [0.3, 0.4) is 0 Å². The second-order valence-corrected chi connectivity index (χ2v) is 8.74. The first-order chi connectivity index (χ1) is 14.4. The number of anilines is 1. The second kappa shape index (κ2) is 8.05. The van der Waals surface area contributed by atoms with Crippen LogP contribution in [0, 0.1) is 0 Å². The molecule has 2 aliphatic heterocycles. The van der Waals surface area contributed by atoms with Crippen LogP contribution in [0.2, 0.25) is 0 Å². The number of morpholine rings is 1. The lowest BCUT2D eigenvalue weighted by Crippen LogP contribution is -2.40. The van der Waals surface area contributed by atoms with Crippen molar-refractivity contribution in [1.29, 1.82) is 0 Å². The summed E-state index contributed by atoms with van der Waals surface area (Å²) in [6.07, 6.45) is 0. The lowest BCUT2D eigenvalue weighted by atomic mass is 10.1. The fourth-order valence-electron chi connectivity index (χ4n) is 3.25. The van der Waals surface area contributed by atoms with Crippen molar-refractivity contribution in [2.45, 2.75) is 11.8 Å². The largest absolute Gasteiger partial charge is 0.454 e. The first kappa shape index (κ1) is 20.3. The van der Waals surface area contributed by atoms with Gasteiger partial charge in [0.05, 0.1) is 23.8 Å². The maximum Gasteiger partial charge on any atom is 0.255 e. The number of hydrogen-bond donors (Lipinski definition) is 1. The van der Waals surface area contributed by atoms with Crippen molar-refractivity contribution in [3.05, 3.63) is 47.5 Å². The molecule has 9 nitrogen and oxygen atoms in total. The fourth-order valence-corrected chi connectivity index (χ4v) is 4.65. The molecule has 4 rings (SSSR count). The van der Waals surface area contributed by atoms with E-state index in [0.717, 1.165) is 0 Å². The van der Waals surface area contributed by atoms with Gasteiger partial charge in [-0.05, 0) is 37.3 Å². The highest BCUT2D eigenvalue weighted by Crippen LogP contribution is 2.37. The van der Waals surface area contributed by atoms with Crippen LogP contribution < -0.4 is 14.8 Å². The Labute approximate surface area is 173 Å². The van der Waals surface area contributed by atoms with Gasteiger partial charge in [-0.25, -0.2) is 8.42 Å². The van der Waals surface area contributed by atoms with Crippen LogP contribution in [0.4, 0.5) is 5.69 Å². The van der Waals surface area contributed by atoms with Crippen LogP contribution in [0.5, 0.6) is 11.5 Å². The molecule has 0 atom stereocenters. The molecular formula is C20H20N2O7S. The average Bonchev–Trinajstić information content (AvgIpc) is 3.21. The molecule has 0 saturated carbocycles. The van der Waals surface area contributed by atoms with Gasteiger partial charge in [-0.15, -0.1) is 0 Å². The molecule has 158 valence electrons. The van der Waals surface area contributed by atoms with Crippen LogP contribution in [0.25, 0.3) is 0 Å². The molecule has 0 unspecified atom stereocenters. The number of amides is 1. The Bertz CT molecular complexity index is 1090. The first-order valence-corrected chi connectivity index (χ1v) is 10.7. The number of benzene rings is 2. The van der Waals surface area contributed by atoms with Crippen molar-refractivity contribution in [2.75, 3.05) is 38.4 Å². The minimum atomic E-state index is -3.64. The molecule has 2 aliphatic rings. The number of fused-ring (bicyclic) bond motifs is 1. The van der Waals surface area contributed by atoms with Gasteiger partial charge in [0.25, 0.3) is 5.91 Å². The molecule has 2 aromatic rings. The summed E-state index contributed by atoms with van der Waals surface area (Å²) in [5, 5.41) is 2.69. The van der Waals surface area contributed by atoms with E-state index in [2.05, 4.69) is 5.32 Å². The van der Waals surface area contributed by atoms with Gasteiger partial charge >= 0.3 is 0 Å². The molecule has 1 fully saturated rings. The summed E-state index contributed by atoms with van der Waals surface area (Å²) < 4.78 is 42.5. The molecule has 2 heterocycles. The highest BCUT2D eigenvalue weighted by Gasteiger charge is 2.26. The van der Waals surface area contributed by atoms with Crippen molar-refractivity contribution >= 4 is 27.4 Å². The van der Waals surface area contributed by atoms with Crippen LogP contribution in [0.15, 0.2) is 41.3 Å². The molecule has 2 aromatic carbocycles. The predicted molar refractivity (Wildman–Crippen MR) is 107 cm³/mol. The number of carbonyl (C=O) groups is 2. The minimum absolute atomic E-state index is 0.0448. The molecule has 1 N–H and O–H groups in total. The van der Waals surface area contributed by atoms with E-state index in [9.17, 15) is 18.0 Å². The van der Waals surface area contributed by atoms with Gasteiger partial charge in [-0.1, -0.05) is 0 Å². The summed E-state index contributed by atoms with van der Waals surface area (Å²) in [5.74, 6) is 0.153. The van der Waals surface area contributed by atoms with Crippen molar-refractivity contribution in [3.63, 3.8) is 0 Å². The fraction of sp³-hybridized carbons (Fsp3) is 0.300. The smallest absolute Gasteiger partial charge is 0.255 e. The van der Waals surface area contributed by atoms with Crippen molar-refractivity contribution in [2.24, 2.45) is 0 Å². The van der Waals surface area contributed by atoms with Crippen LogP contribution in [-0.4, -0.2) is 57.5 Å². The third-order valence-electron chi connectivity index (χ3n) is 4.86. The molecule has 0 bridgehead atoms. The Balaban J connectivity index is 1.54. The maximum atomic E-state index is 12.7. The molecule has 0 radical (unpaired) electrons. The number of carbonyl (C=O) groups excluding carboxylic acids is 2. The van der Waals surface area contributed by atoms with Crippen molar-refractivity contribution in [3.8, 4) is 11.5 Å². The summed E-state index contributed by atoms with van der Waals surface area (Å²) in [7, 11) is -3.64. The maximum absolute atomic E-state index is 12.7. The monoisotopic (exact) mass is 432 g/mol. The highest BCUT2D eigenvalue weighted by atomic mass is 32.2. The van der Waals surface area contributed by atoms with E-state index in [1.54, 1.807) is 0 Å². The van der Waals surface area contributed by atoms with Gasteiger partial charge in [0, 0.05) is 30.3 Å². The molecule has 0 aliphatic carbocycles. The number of nitrogens with zero attached hydrogens (tertiary/aromatic N) is 1. The molecule has 0 aromatic heterocycles. The Morgan fingerprint density at radius 3 is 2.27 bits per heavy atom. The van der Waals surface area contributed by atoms with E-state index in [0.29, 0.717) is 49.1 Å². The van der Waals surface area contributed by atoms with Gasteiger partial charge in [0.2, 0.25) is 16.8 Å². The standard InChI is InChI=1S/C20H20N2O7S/c1-13(23)16-10-18-19(29-12-28-18)11-17(16)21-20(24)14-2-4-15(5-3-14)30(25,26)22-6-8-27-9-7-22/h2-5,10-11H,6-9,12H2,1H3,(H,21,24).